The molecule has 1 heterocycles. The van der Waals surface area contributed by atoms with Gasteiger partial charge in [-0.25, -0.2) is 0 Å². The van der Waals surface area contributed by atoms with E-state index in [0.29, 0.717) is 18.0 Å². The molecule has 0 radical (unpaired) electrons. The van der Waals surface area contributed by atoms with E-state index in [2.05, 4.69) is 18.7 Å². The van der Waals surface area contributed by atoms with Crippen LogP contribution < -0.4 is 10.5 Å². The minimum absolute atomic E-state index is 0.209. The molecule has 0 bridgehead atoms. The zero-order chi connectivity index (χ0) is 14.5. The van der Waals surface area contributed by atoms with Gasteiger partial charge in [-0.05, 0) is 26.0 Å². The zero-order valence-corrected chi connectivity index (χ0v) is 12.2. The molecule has 20 heavy (non-hydrogen) atoms. The summed E-state index contributed by atoms with van der Waals surface area (Å²) in [7, 11) is 0. The number of nitrogens with zero attached hydrogens (tertiary/aromatic N) is 1. The molecule has 1 aliphatic heterocycles. The summed E-state index contributed by atoms with van der Waals surface area (Å²) in [5, 5.41) is 10.1. The minimum atomic E-state index is -0.520. The molecule has 0 aromatic heterocycles. The highest BCUT2D eigenvalue weighted by molar-refractivity contribution is 5.43. The standard InChI is InChI=1S/C15H24N2O3/c1-11-7-17(8-12(2)20-11)9-14(18)10-19-15-5-3-4-13(16)6-15/h3-6,11-12,14,18H,7-10,16H2,1-2H3/t11-,12+,14?. The Balaban J connectivity index is 1.76. The summed E-state index contributed by atoms with van der Waals surface area (Å²) < 4.78 is 11.2. The summed E-state index contributed by atoms with van der Waals surface area (Å²) in [6.45, 7) is 6.67. The number of ether oxygens (including phenoxy) is 2. The predicted molar refractivity (Wildman–Crippen MR) is 78.8 cm³/mol. The van der Waals surface area contributed by atoms with Crippen molar-refractivity contribution in [2.45, 2.75) is 32.2 Å². The van der Waals surface area contributed by atoms with Gasteiger partial charge in [-0.15, -0.1) is 0 Å². The number of nitrogen functional groups attached to an aromatic ring is 1. The van der Waals surface area contributed by atoms with E-state index in [-0.39, 0.29) is 18.8 Å². The average molecular weight is 280 g/mol. The lowest BCUT2D eigenvalue weighted by Gasteiger charge is -2.36. The predicted octanol–water partition coefficient (Wildman–Crippen LogP) is 1.12. The molecule has 0 saturated carbocycles. The van der Waals surface area contributed by atoms with Crippen molar-refractivity contribution in [2.24, 2.45) is 0 Å². The maximum atomic E-state index is 10.1. The lowest BCUT2D eigenvalue weighted by Crippen LogP contribution is -2.48. The lowest BCUT2D eigenvalue weighted by molar-refractivity contribution is -0.0786. The van der Waals surface area contributed by atoms with Crippen LogP contribution in [-0.4, -0.2) is 54.6 Å². The van der Waals surface area contributed by atoms with E-state index in [1.54, 1.807) is 12.1 Å². The summed E-state index contributed by atoms with van der Waals surface area (Å²) in [6.07, 6.45) is -0.101. The first-order chi connectivity index (χ1) is 9.52. The van der Waals surface area contributed by atoms with E-state index in [4.69, 9.17) is 15.2 Å². The number of β-amino-alcohol motifs (C(OH)–C–C–N with tert-alkyl or cyclic N) is 1. The van der Waals surface area contributed by atoms with E-state index in [0.717, 1.165) is 13.1 Å². The number of nitrogens with two attached hydrogens (primary N) is 1. The van der Waals surface area contributed by atoms with Crippen molar-refractivity contribution in [2.75, 3.05) is 32.0 Å². The molecule has 1 saturated heterocycles. The van der Waals surface area contributed by atoms with Crippen LogP contribution in [-0.2, 0) is 4.74 Å². The molecule has 1 aromatic rings. The fourth-order valence-electron chi connectivity index (χ4n) is 2.58. The van der Waals surface area contributed by atoms with Crippen molar-refractivity contribution in [1.29, 1.82) is 0 Å². The Kier molecular flexibility index (Phi) is 5.23. The highest BCUT2D eigenvalue weighted by Gasteiger charge is 2.23. The van der Waals surface area contributed by atoms with Crippen LogP contribution in [0, 0.1) is 0 Å². The van der Waals surface area contributed by atoms with Gasteiger partial charge >= 0.3 is 0 Å². The van der Waals surface area contributed by atoms with Gasteiger partial charge in [-0.2, -0.15) is 0 Å². The van der Waals surface area contributed by atoms with Crippen LogP contribution in [0.2, 0.25) is 0 Å². The molecular formula is C15H24N2O3. The van der Waals surface area contributed by atoms with Gasteiger partial charge in [-0.3, -0.25) is 4.90 Å². The first-order valence-electron chi connectivity index (χ1n) is 7.07. The molecular weight excluding hydrogens is 256 g/mol. The van der Waals surface area contributed by atoms with Crippen LogP contribution >= 0.6 is 0 Å². The van der Waals surface area contributed by atoms with Gasteiger partial charge in [-0.1, -0.05) is 6.07 Å². The van der Waals surface area contributed by atoms with Crippen molar-refractivity contribution in [3.8, 4) is 5.75 Å². The summed E-state index contributed by atoms with van der Waals surface area (Å²) in [6, 6.07) is 7.23. The largest absolute Gasteiger partial charge is 0.491 e. The van der Waals surface area contributed by atoms with E-state index in [9.17, 15) is 5.11 Å². The molecule has 112 valence electrons. The number of rotatable bonds is 5. The zero-order valence-electron chi connectivity index (χ0n) is 12.2. The lowest BCUT2D eigenvalue weighted by atomic mass is 10.2. The van der Waals surface area contributed by atoms with Crippen molar-refractivity contribution in [3.05, 3.63) is 24.3 Å². The van der Waals surface area contributed by atoms with Gasteiger partial charge in [0.1, 0.15) is 18.5 Å². The van der Waals surface area contributed by atoms with E-state index in [1.165, 1.54) is 0 Å². The number of anilines is 1. The molecule has 0 amide bonds. The van der Waals surface area contributed by atoms with Gasteiger partial charge in [0.25, 0.3) is 0 Å². The second-order valence-corrected chi connectivity index (χ2v) is 5.51. The molecule has 3 N–H and O–H groups in total. The van der Waals surface area contributed by atoms with Gasteiger partial charge < -0.3 is 20.3 Å². The number of hydrogen-bond donors (Lipinski definition) is 2. The van der Waals surface area contributed by atoms with Crippen molar-refractivity contribution >= 4 is 5.69 Å². The molecule has 5 nitrogen and oxygen atoms in total. The van der Waals surface area contributed by atoms with E-state index < -0.39 is 6.10 Å². The highest BCUT2D eigenvalue weighted by Crippen LogP contribution is 2.15. The van der Waals surface area contributed by atoms with Crippen LogP contribution in [0.3, 0.4) is 0 Å². The molecule has 1 unspecified atom stereocenters. The Labute approximate surface area is 120 Å². The van der Waals surface area contributed by atoms with E-state index >= 15 is 0 Å². The van der Waals surface area contributed by atoms with Crippen LogP contribution in [0.15, 0.2) is 24.3 Å². The fourth-order valence-corrected chi connectivity index (χ4v) is 2.58. The second-order valence-electron chi connectivity index (χ2n) is 5.51. The van der Waals surface area contributed by atoms with Gasteiger partial charge in [0.15, 0.2) is 0 Å². The summed E-state index contributed by atoms with van der Waals surface area (Å²) in [4.78, 5) is 2.21. The molecule has 0 aliphatic carbocycles. The molecule has 0 spiro atoms. The SMILES string of the molecule is C[C@@H]1CN(CC(O)COc2cccc(N)c2)C[C@H](C)O1. The summed E-state index contributed by atoms with van der Waals surface area (Å²) >= 11 is 0. The second kappa shape index (κ2) is 6.92. The number of hydrogen-bond acceptors (Lipinski definition) is 5. The van der Waals surface area contributed by atoms with Crippen LogP contribution in [0.4, 0.5) is 5.69 Å². The summed E-state index contributed by atoms with van der Waals surface area (Å²) in [5.41, 5.74) is 6.34. The number of benzene rings is 1. The third-order valence-electron chi connectivity index (χ3n) is 3.26. The first-order valence-corrected chi connectivity index (χ1v) is 7.07. The highest BCUT2D eigenvalue weighted by atomic mass is 16.5. The van der Waals surface area contributed by atoms with Crippen LogP contribution in [0.1, 0.15) is 13.8 Å². The Morgan fingerprint density at radius 3 is 2.75 bits per heavy atom. The number of aliphatic hydroxyl groups excluding tert-OH is 1. The number of morpholine rings is 1. The van der Waals surface area contributed by atoms with Gasteiger partial charge in [0, 0.05) is 31.4 Å². The molecule has 1 aromatic carbocycles. The van der Waals surface area contributed by atoms with Crippen LogP contribution in [0.5, 0.6) is 5.75 Å². The molecule has 3 atom stereocenters. The monoisotopic (exact) mass is 280 g/mol. The third kappa shape index (κ3) is 4.67. The number of aliphatic hydroxyl groups is 1. The topological polar surface area (TPSA) is 68.0 Å². The van der Waals surface area contributed by atoms with Crippen molar-refractivity contribution in [1.82, 2.24) is 4.90 Å². The van der Waals surface area contributed by atoms with Crippen molar-refractivity contribution in [3.63, 3.8) is 0 Å². The maximum absolute atomic E-state index is 10.1. The Morgan fingerprint density at radius 1 is 1.40 bits per heavy atom. The smallest absolute Gasteiger partial charge is 0.121 e. The Hall–Kier alpha value is -1.30. The fraction of sp³-hybridized carbons (Fsp3) is 0.600. The molecule has 1 aliphatic rings. The first kappa shape index (κ1) is 15.1. The van der Waals surface area contributed by atoms with Gasteiger partial charge in [0.05, 0.1) is 12.2 Å². The quantitative estimate of drug-likeness (QED) is 0.791. The minimum Gasteiger partial charge on any atom is -0.491 e. The Morgan fingerprint density at radius 2 is 2.10 bits per heavy atom. The van der Waals surface area contributed by atoms with Crippen molar-refractivity contribution < 1.29 is 14.6 Å². The van der Waals surface area contributed by atoms with E-state index in [1.807, 2.05) is 12.1 Å². The third-order valence-corrected chi connectivity index (χ3v) is 3.26. The average Bonchev–Trinajstić information content (AvgIpc) is 2.35. The normalized spacial score (nSPS) is 25.4. The Bertz CT molecular complexity index is 417. The van der Waals surface area contributed by atoms with Gasteiger partial charge in [0.2, 0.25) is 0 Å². The summed E-state index contributed by atoms with van der Waals surface area (Å²) in [5.74, 6) is 0.688. The van der Waals surface area contributed by atoms with Crippen LogP contribution in [0.25, 0.3) is 0 Å². The molecule has 5 heteroatoms. The maximum Gasteiger partial charge on any atom is 0.121 e. The molecule has 2 rings (SSSR count). The molecule has 1 fully saturated rings.